The van der Waals surface area contributed by atoms with Gasteiger partial charge >= 0.3 is 12.2 Å². The van der Waals surface area contributed by atoms with Gasteiger partial charge in [0.1, 0.15) is 0 Å². The third kappa shape index (κ3) is 10.8. The summed E-state index contributed by atoms with van der Waals surface area (Å²) in [6, 6.07) is 0. The Bertz CT molecular complexity index is 245. The predicted molar refractivity (Wildman–Crippen MR) is 61.7 cm³/mol. The molecule has 0 bridgehead atoms. The third-order valence-electron chi connectivity index (χ3n) is 0.955. The number of nitrogens with zero attached hydrogens (tertiary/aromatic N) is 1. The van der Waals surface area contributed by atoms with Crippen molar-refractivity contribution < 1.29 is 24.2 Å². The average Bonchev–Trinajstić information content (AvgIpc) is 2.28. The van der Waals surface area contributed by atoms with E-state index in [4.69, 9.17) is 5.11 Å². The zero-order valence-electron chi connectivity index (χ0n) is 9.64. The molecule has 0 unspecified atom stereocenters. The van der Waals surface area contributed by atoms with Crippen LogP contribution in [0.15, 0.2) is 4.99 Å². The lowest BCUT2D eigenvalue weighted by molar-refractivity contribution is 0.176. The van der Waals surface area contributed by atoms with Gasteiger partial charge in [0.05, 0.1) is 14.2 Å². The number of thioether (sulfide) groups is 1. The van der Waals surface area contributed by atoms with Gasteiger partial charge in [-0.15, -0.1) is 0 Å². The molecule has 0 radical (unpaired) electrons. The summed E-state index contributed by atoms with van der Waals surface area (Å²) in [7, 11) is 2.41. The first-order chi connectivity index (χ1) is 7.55. The molecule has 2 N–H and O–H groups in total. The van der Waals surface area contributed by atoms with Crippen molar-refractivity contribution in [2.45, 2.75) is 6.92 Å². The van der Waals surface area contributed by atoms with Gasteiger partial charge in [0.25, 0.3) is 0 Å². The number of aliphatic imine (C=N–C) groups is 1. The van der Waals surface area contributed by atoms with Crippen molar-refractivity contribution in [3.63, 3.8) is 0 Å². The lowest BCUT2D eigenvalue weighted by atomic mass is 10.9. The summed E-state index contributed by atoms with van der Waals surface area (Å²) in [5.41, 5.74) is 0. The van der Waals surface area contributed by atoms with E-state index in [0.717, 1.165) is 11.8 Å². The summed E-state index contributed by atoms with van der Waals surface area (Å²) in [5.74, 6) is 0. The van der Waals surface area contributed by atoms with Gasteiger partial charge in [-0.05, 0) is 13.2 Å². The Labute approximate surface area is 98.2 Å². The van der Waals surface area contributed by atoms with Crippen molar-refractivity contribution in [3.05, 3.63) is 0 Å². The Morgan fingerprint density at radius 1 is 1.38 bits per heavy atom. The molecule has 0 fully saturated rings. The van der Waals surface area contributed by atoms with Crippen molar-refractivity contribution in [3.8, 4) is 0 Å². The maximum Gasteiger partial charge on any atom is 0.435 e. The summed E-state index contributed by atoms with van der Waals surface area (Å²) in [6.07, 6.45) is 0.190. The highest BCUT2D eigenvalue weighted by Gasteiger charge is 2.06. The maximum atomic E-state index is 10.7. The van der Waals surface area contributed by atoms with E-state index in [-0.39, 0.29) is 11.8 Å². The standard InChI is InChI=1S/C6H10N2O4S.C2H6O/c1-11-5(9)7-4(13-3)8-6(10)12-2;1-2-3/h1-3H3,(H,7,8,9,10);3H,2H2,1H3. The largest absolute Gasteiger partial charge is 0.453 e. The van der Waals surface area contributed by atoms with Crippen LogP contribution in [0, 0.1) is 0 Å². The maximum absolute atomic E-state index is 10.7. The van der Waals surface area contributed by atoms with E-state index in [1.807, 2.05) is 0 Å². The second kappa shape index (κ2) is 11.8. The van der Waals surface area contributed by atoms with E-state index in [0.29, 0.717) is 0 Å². The highest BCUT2D eigenvalue weighted by atomic mass is 32.2. The molecule has 94 valence electrons. The van der Waals surface area contributed by atoms with Gasteiger partial charge in [0.15, 0.2) is 5.17 Å². The van der Waals surface area contributed by atoms with Crippen molar-refractivity contribution in [1.29, 1.82) is 0 Å². The van der Waals surface area contributed by atoms with Crippen LogP contribution in [0.4, 0.5) is 9.59 Å². The lowest BCUT2D eigenvalue weighted by Gasteiger charge is -2.02. The molecule has 16 heavy (non-hydrogen) atoms. The number of amidine groups is 1. The van der Waals surface area contributed by atoms with E-state index in [1.54, 1.807) is 13.2 Å². The van der Waals surface area contributed by atoms with Crippen molar-refractivity contribution >= 4 is 29.1 Å². The first kappa shape index (κ1) is 17.1. The highest BCUT2D eigenvalue weighted by molar-refractivity contribution is 8.13. The molecule has 8 heteroatoms. The quantitative estimate of drug-likeness (QED) is 0.489. The number of carbonyl (C=O) groups is 2. The number of alkyl carbamates (subject to hydrolysis) is 1. The smallest absolute Gasteiger partial charge is 0.435 e. The molecular formula is C8H16N2O5S. The molecule has 0 rings (SSSR count). The zero-order valence-corrected chi connectivity index (χ0v) is 10.5. The molecule has 0 aliphatic carbocycles. The molecule has 0 atom stereocenters. The molecule has 7 nitrogen and oxygen atoms in total. The topological polar surface area (TPSA) is 97.2 Å². The normalized spacial score (nSPS) is 9.69. The van der Waals surface area contributed by atoms with Crippen molar-refractivity contribution in [2.75, 3.05) is 27.1 Å². The number of hydrogen-bond acceptors (Lipinski definition) is 6. The highest BCUT2D eigenvalue weighted by Crippen LogP contribution is 1.96. The number of hydrogen-bond donors (Lipinski definition) is 2. The fourth-order valence-electron chi connectivity index (χ4n) is 0.392. The van der Waals surface area contributed by atoms with Crippen LogP contribution >= 0.6 is 11.8 Å². The molecule has 2 amide bonds. The number of rotatable bonds is 0. The SMILES string of the molecule is CCO.COC(=O)N=C(NC(=O)OC)SC. The van der Waals surface area contributed by atoms with Crippen LogP contribution in [0.5, 0.6) is 0 Å². The predicted octanol–water partition coefficient (Wildman–Crippen LogP) is 0.826. The zero-order chi connectivity index (χ0) is 13.0. The lowest BCUT2D eigenvalue weighted by Crippen LogP contribution is -2.28. The summed E-state index contributed by atoms with van der Waals surface area (Å²) in [4.78, 5) is 24.7. The van der Waals surface area contributed by atoms with Crippen LogP contribution in [0.3, 0.4) is 0 Å². The number of aliphatic hydroxyl groups is 1. The molecule has 0 aliphatic heterocycles. The molecular weight excluding hydrogens is 236 g/mol. The van der Waals surface area contributed by atoms with Crippen LogP contribution in [-0.2, 0) is 9.47 Å². The minimum atomic E-state index is -0.777. The van der Waals surface area contributed by atoms with Crippen molar-refractivity contribution in [2.24, 2.45) is 4.99 Å². The minimum Gasteiger partial charge on any atom is -0.453 e. The van der Waals surface area contributed by atoms with E-state index in [1.165, 1.54) is 14.2 Å². The van der Waals surface area contributed by atoms with Gasteiger partial charge in [-0.2, -0.15) is 4.99 Å². The number of aliphatic hydroxyl groups excluding tert-OH is 1. The van der Waals surface area contributed by atoms with Crippen LogP contribution in [0.1, 0.15) is 6.92 Å². The first-order valence-electron chi connectivity index (χ1n) is 4.22. The number of amides is 2. The summed E-state index contributed by atoms with van der Waals surface area (Å²) in [6.45, 7) is 1.93. The van der Waals surface area contributed by atoms with Crippen LogP contribution < -0.4 is 5.32 Å². The molecule has 0 aromatic carbocycles. The summed E-state index contributed by atoms with van der Waals surface area (Å²) < 4.78 is 8.57. The molecule has 0 saturated heterocycles. The van der Waals surface area contributed by atoms with Gasteiger partial charge in [-0.25, -0.2) is 9.59 Å². The van der Waals surface area contributed by atoms with Crippen LogP contribution in [-0.4, -0.2) is 49.5 Å². The summed E-state index contributed by atoms with van der Waals surface area (Å²) >= 11 is 1.09. The Hall–Kier alpha value is -1.28. The number of carbonyl (C=O) groups excluding carboxylic acids is 2. The molecule has 0 aliphatic rings. The summed E-state index contributed by atoms with van der Waals surface area (Å²) in [5, 5.41) is 9.93. The molecule has 0 heterocycles. The van der Waals surface area contributed by atoms with E-state index in [2.05, 4.69) is 19.8 Å². The fourth-order valence-corrected chi connectivity index (χ4v) is 0.743. The molecule has 0 spiro atoms. The molecule has 0 aromatic heterocycles. The molecule has 0 aromatic rings. The van der Waals surface area contributed by atoms with Gasteiger partial charge in [0, 0.05) is 6.61 Å². The van der Waals surface area contributed by atoms with E-state index < -0.39 is 12.2 Å². The average molecular weight is 252 g/mol. The molecule has 0 saturated carbocycles. The number of nitrogens with one attached hydrogen (secondary N) is 1. The second-order valence-electron chi connectivity index (χ2n) is 2.02. The number of ether oxygens (including phenoxy) is 2. The van der Waals surface area contributed by atoms with Crippen LogP contribution in [0.25, 0.3) is 0 Å². The Kier molecular flexibility index (Phi) is 12.6. The fraction of sp³-hybridized carbons (Fsp3) is 0.625. The van der Waals surface area contributed by atoms with Gasteiger partial charge < -0.3 is 14.6 Å². The van der Waals surface area contributed by atoms with Gasteiger partial charge in [-0.3, -0.25) is 5.32 Å². The monoisotopic (exact) mass is 252 g/mol. The Morgan fingerprint density at radius 3 is 2.19 bits per heavy atom. The van der Waals surface area contributed by atoms with E-state index >= 15 is 0 Å². The van der Waals surface area contributed by atoms with E-state index in [9.17, 15) is 9.59 Å². The van der Waals surface area contributed by atoms with Gasteiger partial charge in [-0.1, -0.05) is 11.8 Å². The Balaban J connectivity index is 0. The minimum absolute atomic E-state index is 0.124. The third-order valence-corrected chi connectivity index (χ3v) is 1.54. The van der Waals surface area contributed by atoms with Crippen molar-refractivity contribution in [1.82, 2.24) is 5.32 Å². The Morgan fingerprint density at radius 2 is 1.88 bits per heavy atom. The number of methoxy groups -OCH3 is 2. The second-order valence-corrected chi connectivity index (χ2v) is 2.82. The first-order valence-corrected chi connectivity index (χ1v) is 5.44. The van der Waals surface area contributed by atoms with Gasteiger partial charge in [0.2, 0.25) is 0 Å². The van der Waals surface area contributed by atoms with Crippen LogP contribution in [0.2, 0.25) is 0 Å².